The number of aromatic hydroxyl groups is 1. The van der Waals surface area contributed by atoms with Gasteiger partial charge >= 0.3 is 5.97 Å². The van der Waals surface area contributed by atoms with Crippen LogP contribution in [0.3, 0.4) is 0 Å². The van der Waals surface area contributed by atoms with Crippen LogP contribution in [0.15, 0.2) is 42.7 Å². The molecule has 1 aromatic heterocycles. The van der Waals surface area contributed by atoms with Gasteiger partial charge in [-0.1, -0.05) is 25.3 Å². The summed E-state index contributed by atoms with van der Waals surface area (Å²) in [7, 11) is 0. The van der Waals surface area contributed by atoms with Crippen molar-refractivity contribution in [1.29, 1.82) is 0 Å². The summed E-state index contributed by atoms with van der Waals surface area (Å²) < 4.78 is 5.55. The van der Waals surface area contributed by atoms with E-state index >= 15 is 0 Å². The molecule has 2 unspecified atom stereocenters. The molecule has 0 amide bonds. The van der Waals surface area contributed by atoms with Crippen molar-refractivity contribution in [1.82, 2.24) is 10.3 Å². The SMILES string of the molecule is CC(C)(C)OC(=O)CCC(NC(c1ccncc1)c1ccc(N)cc1O)C1CCCCC1. The number of esters is 1. The van der Waals surface area contributed by atoms with Crippen LogP contribution in [0.25, 0.3) is 0 Å². The van der Waals surface area contributed by atoms with Gasteiger partial charge in [0.25, 0.3) is 0 Å². The van der Waals surface area contributed by atoms with Crippen molar-refractivity contribution >= 4 is 11.7 Å². The van der Waals surface area contributed by atoms with E-state index in [4.69, 9.17) is 10.5 Å². The Labute approximate surface area is 191 Å². The minimum absolute atomic E-state index is 0.123. The molecule has 6 nitrogen and oxygen atoms in total. The quantitative estimate of drug-likeness (QED) is 0.390. The molecule has 0 spiro atoms. The molecular formula is C26H37N3O3. The molecule has 1 fully saturated rings. The molecule has 0 aliphatic heterocycles. The van der Waals surface area contributed by atoms with Crippen molar-refractivity contribution in [2.45, 2.75) is 83.4 Å². The molecule has 0 saturated heterocycles. The van der Waals surface area contributed by atoms with Crippen LogP contribution in [0.2, 0.25) is 0 Å². The second-order valence-electron chi connectivity index (χ2n) is 9.83. The van der Waals surface area contributed by atoms with Gasteiger partial charge in [-0.25, -0.2) is 0 Å². The molecule has 174 valence electrons. The monoisotopic (exact) mass is 439 g/mol. The minimum atomic E-state index is -0.486. The summed E-state index contributed by atoms with van der Waals surface area (Å²) in [6.07, 6.45) is 10.5. The fraction of sp³-hybridized carbons (Fsp3) is 0.538. The molecule has 32 heavy (non-hydrogen) atoms. The number of ether oxygens (including phenoxy) is 1. The van der Waals surface area contributed by atoms with Gasteiger partial charge in [0.05, 0.1) is 6.04 Å². The van der Waals surface area contributed by atoms with E-state index in [1.54, 1.807) is 24.5 Å². The summed E-state index contributed by atoms with van der Waals surface area (Å²) in [4.78, 5) is 16.6. The fourth-order valence-corrected chi connectivity index (χ4v) is 4.60. The van der Waals surface area contributed by atoms with Crippen LogP contribution in [0.1, 0.15) is 82.9 Å². The Hall–Kier alpha value is -2.60. The second kappa shape index (κ2) is 10.8. The van der Waals surface area contributed by atoms with Crippen LogP contribution in [0, 0.1) is 5.92 Å². The van der Waals surface area contributed by atoms with Gasteiger partial charge in [-0.3, -0.25) is 9.78 Å². The Morgan fingerprint density at radius 2 is 1.88 bits per heavy atom. The molecule has 1 aliphatic rings. The molecule has 4 N–H and O–H groups in total. The predicted molar refractivity (Wildman–Crippen MR) is 127 cm³/mol. The first-order chi connectivity index (χ1) is 15.2. The highest BCUT2D eigenvalue weighted by atomic mass is 16.6. The lowest BCUT2D eigenvalue weighted by atomic mass is 9.81. The van der Waals surface area contributed by atoms with E-state index in [1.807, 2.05) is 39.0 Å². The van der Waals surface area contributed by atoms with Crippen molar-refractivity contribution in [3.05, 3.63) is 53.9 Å². The zero-order valence-corrected chi connectivity index (χ0v) is 19.5. The minimum Gasteiger partial charge on any atom is -0.508 e. The third-order valence-corrected chi connectivity index (χ3v) is 6.08. The summed E-state index contributed by atoms with van der Waals surface area (Å²) in [5.74, 6) is 0.469. The molecule has 1 saturated carbocycles. The Kier molecular flexibility index (Phi) is 8.13. The van der Waals surface area contributed by atoms with Gasteiger partial charge in [0, 0.05) is 42.2 Å². The number of nitrogens with zero attached hydrogens (tertiary/aromatic N) is 1. The standard InChI is InChI=1S/C26H37N3O3/c1-26(2,3)32-24(31)12-11-22(18-7-5-4-6-8-18)29-25(19-13-15-28-16-14-19)21-10-9-20(27)17-23(21)30/h9-10,13-18,22,25,29-30H,4-8,11-12,27H2,1-3H3. The van der Waals surface area contributed by atoms with Crippen molar-refractivity contribution in [2.75, 3.05) is 5.73 Å². The van der Waals surface area contributed by atoms with Gasteiger partial charge in [0.2, 0.25) is 0 Å². The lowest BCUT2D eigenvalue weighted by Gasteiger charge is -2.35. The Morgan fingerprint density at radius 1 is 1.19 bits per heavy atom. The number of hydrogen-bond donors (Lipinski definition) is 3. The lowest BCUT2D eigenvalue weighted by molar-refractivity contribution is -0.155. The summed E-state index contributed by atoms with van der Waals surface area (Å²) >= 11 is 0. The lowest BCUT2D eigenvalue weighted by Crippen LogP contribution is -2.40. The van der Waals surface area contributed by atoms with Gasteiger partial charge in [-0.2, -0.15) is 0 Å². The number of nitrogens with two attached hydrogens (primary N) is 1. The maximum atomic E-state index is 12.5. The van der Waals surface area contributed by atoms with Gasteiger partial charge < -0.3 is 20.9 Å². The van der Waals surface area contributed by atoms with Gasteiger partial charge in [0.1, 0.15) is 11.4 Å². The topological polar surface area (TPSA) is 97.5 Å². The third kappa shape index (κ3) is 6.95. The highest BCUT2D eigenvalue weighted by Gasteiger charge is 2.29. The van der Waals surface area contributed by atoms with E-state index in [0.717, 1.165) is 24.0 Å². The number of carbonyl (C=O) groups is 1. The van der Waals surface area contributed by atoms with E-state index in [-0.39, 0.29) is 23.8 Å². The maximum Gasteiger partial charge on any atom is 0.306 e. The zero-order chi connectivity index (χ0) is 23.1. The molecule has 0 bridgehead atoms. The Balaban J connectivity index is 1.86. The van der Waals surface area contributed by atoms with Gasteiger partial charge in [0.15, 0.2) is 0 Å². The number of phenolic OH excluding ortho intramolecular Hbond substituents is 1. The number of nitrogens with one attached hydrogen (secondary N) is 1. The number of pyridine rings is 1. The van der Waals surface area contributed by atoms with Gasteiger partial charge in [-0.15, -0.1) is 0 Å². The summed E-state index contributed by atoms with van der Waals surface area (Å²) in [6.45, 7) is 5.68. The molecule has 1 aliphatic carbocycles. The third-order valence-electron chi connectivity index (χ3n) is 6.08. The highest BCUT2D eigenvalue weighted by molar-refractivity contribution is 5.69. The van der Waals surface area contributed by atoms with Crippen molar-refractivity contribution < 1.29 is 14.6 Å². The fourth-order valence-electron chi connectivity index (χ4n) is 4.60. The molecule has 2 aromatic rings. The maximum absolute atomic E-state index is 12.5. The van der Waals surface area contributed by atoms with Crippen LogP contribution in [-0.2, 0) is 9.53 Å². The number of nitrogen functional groups attached to an aromatic ring is 1. The average molecular weight is 440 g/mol. The molecule has 6 heteroatoms. The first-order valence-electron chi connectivity index (χ1n) is 11.7. The summed E-state index contributed by atoms with van der Waals surface area (Å²) in [5.41, 5.74) is 7.69. The smallest absolute Gasteiger partial charge is 0.306 e. The number of hydrogen-bond acceptors (Lipinski definition) is 6. The highest BCUT2D eigenvalue weighted by Crippen LogP contribution is 2.35. The first-order valence-corrected chi connectivity index (χ1v) is 11.7. The van der Waals surface area contributed by atoms with Crippen molar-refractivity contribution in [3.8, 4) is 5.75 Å². The van der Waals surface area contributed by atoms with Crippen LogP contribution in [0.5, 0.6) is 5.75 Å². The van der Waals surface area contributed by atoms with Crippen LogP contribution >= 0.6 is 0 Å². The Morgan fingerprint density at radius 3 is 2.50 bits per heavy atom. The largest absolute Gasteiger partial charge is 0.508 e. The van der Waals surface area contributed by atoms with Crippen molar-refractivity contribution in [2.24, 2.45) is 5.92 Å². The molecule has 3 rings (SSSR count). The molecule has 1 heterocycles. The second-order valence-corrected chi connectivity index (χ2v) is 9.83. The number of rotatable bonds is 8. The van der Waals surface area contributed by atoms with E-state index in [2.05, 4.69) is 10.3 Å². The number of aromatic nitrogens is 1. The van der Waals surface area contributed by atoms with E-state index < -0.39 is 5.60 Å². The summed E-state index contributed by atoms with van der Waals surface area (Å²) in [5, 5.41) is 14.5. The van der Waals surface area contributed by atoms with E-state index in [9.17, 15) is 9.90 Å². The number of phenols is 1. The normalized spacial score (nSPS) is 17.0. The molecular weight excluding hydrogens is 402 g/mol. The zero-order valence-electron chi connectivity index (χ0n) is 19.5. The summed E-state index contributed by atoms with van der Waals surface area (Å²) in [6, 6.07) is 9.07. The van der Waals surface area contributed by atoms with E-state index in [1.165, 1.54) is 19.3 Å². The molecule has 1 aromatic carbocycles. The molecule has 2 atom stereocenters. The Bertz CT molecular complexity index is 874. The van der Waals surface area contributed by atoms with Gasteiger partial charge in [-0.05, 0) is 69.7 Å². The predicted octanol–water partition coefficient (Wildman–Crippen LogP) is 5.12. The van der Waals surface area contributed by atoms with E-state index in [0.29, 0.717) is 24.4 Å². The average Bonchev–Trinajstić information content (AvgIpc) is 2.75. The first kappa shape index (κ1) is 24.1. The number of carbonyl (C=O) groups excluding carboxylic acids is 1. The van der Waals surface area contributed by atoms with Crippen LogP contribution in [0.4, 0.5) is 5.69 Å². The van der Waals surface area contributed by atoms with Crippen LogP contribution in [-0.4, -0.2) is 27.7 Å². The number of anilines is 1. The molecule has 0 radical (unpaired) electrons. The van der Waals surface area contributed by atoms with Crippen LogP contribution < -0.4 is 11.1 Å². The van der Waals surface area contributed by atoms with Crippen molar-refractivity contribution in [3.63, 3.8) is 0 Å². The number of benzene rings is 1.